The number of amides is 1. The summed E-state index contributed by atoms with van der Waals surface area (Å²) in [6.07, 6.45) is 3.64. The smallest absolute Gasteiger partial charge is 0.343 e. The molecule has 30 heavy (non-hydrogen) atoms. The van der Waals surface area contributed by atoms with Gasteiger partial charge in [0, 0.05) is 5.69 Å². The fraction of sp³-hybridized carbons (Fsp3) is 0.200. The maximum absolute atomic E-state index is 12.4. The molecule has 0 bridgehead atoms. The molecule has 3 aromatic carbocycles. The summed E-state index contributed by atoms with van der Waals surface area (Å²) in [6, 6.07) is 19.8. The largest absolute Gasteiger partial charge is 0.497 e. The van der Waals surface area contributed by atoms with Crippen molar-refractivity contribution in [3.63, 3.8) is 0 Å². The van der Waals surface area contributed by atoms with Crippen LogP contribution in [0.3, 0.4) is 0 Å². The van der Waals surface area contributed by atoms with Crippen LogP contribution in [0.2, 0.25) is 0 Å². The number of fused-ring (bicyclic) bond motifs is 1. The molecule has 0 unspecified atom stereocenters. The normalized spacial score (nSPS) is 12.2. The van der Waals surface area contributed by atoms with E-state index in [2.05, 4.69) is 17.4 Å². The van der Waals surface area contributed by atoms with Crippen molar-refractivity contribution < 1.29 is 19.1 Å². The summed E-state index contributed by atoms with van der Waals surface area (Å²) in [5.74, 6) is 0.586. The SMILES string of the molecule is COc1ccc(C(=O)Oc2ccc(CC(=O)Nc3ccc4c(c3)CCC4)cc2)cc1. The fourth-order valence-corrected chi connectivity index (χ4v) is 3.61. The van der Waals surface area contributed by atoms with Crippen molar-refractivity contribution in [2.45, 2.75) is 25.7 Å². The lowest BCUT2D eigenvalue weighted by Gasteiger charge is -2.09. The van der Waals surface area contributed by atoms with Crippen LogP contribution >= 0.6 is 0 Å². The predicted molar refractivity (Wildman–Crippen MR) is 115 cm³/mol. The number of methoxy groups -OCH3 is 1. The highest BCUT2D eigenvalue weighted by atomic mass is 16.5. The van der Waals surface area contributed by atoms with Crippen LogP contribution in [-0.2, 0) is 24.1 Å². The Morgan fingerprint density at radius 3 is 2.30 bits per heavy atom. The maximum atomic E-state index is 12.4. The summed E-state index contributed by atoms with van der Waals surface area (Å²) in [5.41, 5.74) is 4.83. The van der Waals surface area contributed by atoms with E-state index in [-0.39, 0.29) is 12.3 Å². The Balaban J connectivity index is 1.32. The first kappa shape index (κ1) is 19.7. The molecule has 1 aliphatic rings. The second kappa shape index (κ2) is 8.82. The summed E-state index contributed by atoms with van der Waals surface area (Å²) in [4.78, 5) is 24.6. The zero-order valence-corrected chi connectivity index (χ0v) is 16.8. The highest BCUT2D eigenvalue weighted by molar-refractivity contribution is 5.93. The van der Waals surface area contributed by atoms with Gasteiger partial charge in [0.1, 0.15) is 11.5 Å². The Labute approximate surface area is 175 Å². The van der Waals surface area contributed by atoms with E-state index in [9.17, 15) is 9.59 Å². The van der Waals surface area contributed by atoms with Crippen LogP contribution in [0.4, 0.5) is 5.69 Å². The third kappa shape index (κ3) is 4.69. The predicted octanol–water partition coefficient (Wildman–Crippen LogP) is 4.58. The van der Waals surface area contributed by atoms with Gasteiger partial charge in [-0.2, -0.15) is 0 Å². The first-order chi connectivity index (χ1) is 14.6. The highest BCUT2D eigenvalue weighted by Crippen LogP contribution is 2.25. The van der Waals surface area contributed by atoms with Crippen molar-refractivity contribution in [3.05, 3.63) is 89.0 Å². The van der Waals surface area contributed by atoms with Crippen molar-refractivity contribution in [2.75, 3.05) is 12.4 Å². The van der Waals surface area contributed by atoms with Crippen LogP contribution in [0.25, 0.3) is 0 Å². The summed E-state index contributed by atoms with van der Waals surface area (Å²) in [7, 11) is 1.57. The molecular weight excluding hydrogens is 378 g/mol. The quantitative estimate of drug-likeness (QED) is 0.485. The number of hydrogen-bond acceptors (Lipinski definition) is 4. The minimum Gasteiger partial charge on any atom is -0.497 e. The number of esters is 1. The van der Waals surface area contributed by atoms with Gasteiger partial charge in [0.15, 0.2) is 0 Å². The van der Waals surface area contributed by atoms with E-state index in [0.717, 1.165) is 24.1 Å². The monoisotopic (exact) mass is 401 g/mol. The van der Waals surface area contributed by atoms with Crippen LogP contribution < -0.4 is 14.8 Å². The lowest BCUT2D eigenvalue weighted by molar-refractivity contribution is -0.115. The van der Waals surface area contributed by atoms with Gasteiger partial charge in [-0.15, -0.1) is 0 Å². The van der Waals surface area contributed by atoms with E-state index in [0.29, 0.717) is 17.1 Å². The Bertz CT molecular complexity index is 1060. The van der Waals surface area contributed by atoms with Gasteiger partial charge in [0.25, 0.3) is 0 Å². The van der Waals surface area contributed by atoms with Crippen LogP contribution in [0.15, 0.2) is 66.7 Å². The lowest BCUT2D eigenvalue weighted by Crippen LogP contribution is -2.14. The fourth-order valence-electron chi connectivity index (χ4n) is 3.61. The molecule has 0 radical (unpaired) electrons. The van der Waals surface area contributed by atoms with Gasteiger partial charge in [-0.25, -0.2) is 4.79 Å². The third-order valence-corrected chi connectivity index (χ3v) is 5.21. The molecule has 1 N–H and O–H groups in total. The minimum absolute atomic E-state index is 0.0732. The molecule has 0 aromatic heterocycles. The lowest BCUT2D eigenvalue weighted by atomic mass is 10.1. The number of aryl methyl sites for hydroxylation is 2. The molecule has 3 aromatic rings. The highest BCUT2D eigenvalue weighted by Gasteiger charge is 2.13. The summed E-state index contributed by atoms with van der Waals surface area (Å²) in [5, 5.41) is 2.96. The van der Waals surface area contributed by atoms with Crippen LogP contribution in [0, 0.1) is 0 Å². The molecule has 0 saturated carbocycles. The van der Waals surface area contributed by atoms with Crippen molar-refractivity contribution in [2.24, 2.45) is 0 Å². The Kier molecular flexibility index (Phi) is 5.80. The molecule has 0 spiro atoms. The van der Waals surface area contributed by atoms with Crippen molar-refractivity contribution in [3.8, 4) is 11.5 Å². The van der Waals surface area contributed by atoms with Gasteiger partial charge in [0.2, 0.25) is 5.91 Å². The zero-order valence-electron chi connectivity index (χ0n) is 16.8. The average Bonchev–Trinajstić information content (AvgIpc) is 3.23. The number of hydrogen-bond donors (Lipinski definition) is 1. The van der Waals surface area contributed by atoms with Crippen LogP contribution in [0.1, 0.15) is 33.5 Å². The van der Waals surface area contributed by atoms with Crippen molar-refractivity contribution in [1.82, 2.24) is 0 Å². The molecule has 1 aliphatic carbocycles. The zero-order chi connectivity index (χ0) is 20.9. The molecule has 4 rings (SSSR count). The van der Waals surface area contributed by atoms with Crippen molar-refractivity contribution in [1.29, 1.82) is 0 Å². The van der Waals surface area contributed by atoms with Gasteiger partial charge in [-0.1, -0.05) is 18.2 Å². The number of anilines is 1. The van der Waals surface area contributed by atoms with Gasteiger partial charge >= 0.3 is 5.97 Å². The number of ether oxygens (including phenoxy) is 2. The van der Waals surface area contributed by atoms with Gasteiger partial charge in [-0.05, 0) is 84.5 Å². The molecule has 0 saturated heterocycles. The van der Waals surface area contributed by atoms with E-state index in [1.807, 2.05) is 6.07 Å². The van der Waals surface area contributed by atoms with Gasteiger partial charge < -0.3 is 14.8 Å². The number of carbonyl (C=O) groups is 2. The molecule has 5 nitrogen and oxygen atoms in total. The first-order valence-electron chi connectivity index (χ1n) is 9.97. The molecular formula is C25H23NO4. The Morgan fingerprint density at radius 1 is 0.867 bits per heavy atom. The average molecular weight is 401 g/mol. The molecule has 0 heterocycles. The standard InChI is InChI=1S/C25H23NO4/c1-29-22-13-8-19(9-14-22)25(28)30-23-11-5-17(6-12-23)15-24(27)26-21-10-7-18-3-2-4-20(18)16-21/h5-14,16H,2-4,15H2,1H3,(H,26,27). The van der Waals surface area contributed by atoms with Gasteiger partial charge in [-0.3, -0.25) is 4.79 Å². The van der Waals surface area contributed by atoms with E-state index in [1.165, 1.54) is 17.5 Å². The topological polar surface area (TPSA) is 64.6 Å². The Morgan fingerprint density at radius 2 is 1.57 bits per heavy atom. The summed E-state index contributed by atoms with van der Waals surface area (Å²) < 4.78 is 10.5. The van der Waals surface area contributed by atoms with Crippen LogP contribution in [-0.4, -0.2) is 19.0 Å². The number of rotatable bonds is 6. The van der Waals surface area contributed by atoms with E-state index in [4.69, 9.17) is 9.47 Å². The number of carbonyl (C=O) groups excluding carboxylic acids is 2. The summed E-state index contributed by atoms with van der Waals surface area (Å²) >= 11 is 0. The molecule has 1 amide bonds. The van der Waals surface area contributed by atoms with Crippen molar-refractivity contribution >= 4 is 17.6 Å². The van der Waals surface area contributed by atoms with E-state index >= 15 is 0 Å². The van der Waals surface area contributed by atoms with Crippen LogP contribution in [0.5, 0.6) is 11.5 Å². The second-order valence-electron chi connectivity index (χ2n) is 7.32. The maximum Gasteiger partial charge on any atom is 0.343 e. The first-order valence-corrected chi connectivity index (χ1v) is 9.97. The molecule has 5 heteroatoms. The summed E-state index contributed by atoms with van der Waals surface area (Å²) in [6.45, 7) is 0. The second-order valence-corrected chi connectivity index (χ2v) is 7.32. The van der Waals surface area contributed by atoms with Gasteiger partial charge in [0.05, 0.1) is 19.1 Å². The number of benzene rings is 3. The molecule has 152 valence electrons. The molecule has 0 fully saturated rings. The van der Waals surface area contributed by atoms with E-state index in [1.54, 1.807) is 55.6 Å². The molecule has 0 atom stereocenters. The third-order valence-electron chi connectivity index (χ3n) is 5.21. The minimum atomic E-state index is -0.445. The Hall–Kier alpha value is -3.60. The van der Waals surface area contributed by atoms with E-state index < -0.39 is 5.97 Å². The molecule has 0 aliphatic heterocycles. The number of nitrogens with one attached hydrogen (secondary N) is 1.